The summed E-state index contributed by atoms with van der Waals surface area (Å²) in [6, 6.07) is 18.2. The van der Waals surface area contributed by atoms with Crippen LogP contribution in [-0.4, -0.2) is 3.21 Å². The van der Waals surface area contributed by atoms with Crippen LogP contribution in [0.1, 0.15) is 47.9 Å². The quantitative estimate of drug-likeness (QED) is 0.287. The van der Waals surface area contributed by atoms with E-state index in [-0.39, 0.29) is 24.8 Å². The molecular weight excluding hydrogens is 631 g/mol. The maximum absolute atomic E-state index is 2.58. The summed E-state index contributed by atoms with van der Waals surface area (Å²) >= 11 is -2.44. The molecule has 1 saturated carbocycles. The molecule has 4 aromatic carbocycles. The molecule has 204 valence electrons. The summed E-state index contributed by atoms with van der Waals surface area (Å²) in [7, 11) is 0. The largest absolute Gasteiger partial charge is 1.00 e. The molecule has 1 fully saturated rings. The first-order valence-corrected chi connectivity index (χ1v) is 18.6. The Kier molecular flexibility index (Phi) is 7.34. The van der Waals surface area contributed by atoms with E-state index in [2.05, 4.69) is 109 Å². The molecule has 4 aromatic rings. The molecule has 0 spiro atoms. The average Bonchev–Trinajstić information content (AvgIpc) is 3.80. The average molecular weight is 661 g/mol. The fourth-order valence-corrected chi connectivity index (χ4v) is 16.6. The molecule has 3 heteroatoms. The van der Waals surface area contributed by atoms with Crippen LogP contribution in [-0.2, 0) is 34.1 Å². The Morgan fingerprint density at radius 3 is 1.36 bits per heavy atom. The molecule has 0 unspecified atom stereocenters. The van der Waals surface area contributed by atoms with Gasteiger partial charge in [0.15, 0.2) is 0 Å². The topological polar surface area (TPSA) is 0 Å². The van der Waals surface area contributed by atoms with Crippen LogP contribution in [0.4, 0.5) is 0 Å². The summed E-state index contributed by atoms with van der Waals surface area (Å²) in [4.78, 5) is 0. The summed E-state index contributed by atoms with van der Waals surface area (Å²) in [6.07, 6.45) is 31.6. The zero-order valence-corrected chi connectivity index (χ0v) is 27.4. The van der Waals surface area contributed by atoms with Crippen LogP contribution >= 0.6 is 0 Å². The van der Waals surface area contributed by atoms with Crippen LogP contribution in [0.25, 0.3) is 52.4 Å². The molecular formula is C39H30Cl2Zr. The van der Waals surface area contributed by atoms with Gasteiger partial charge in [-0.05, 0) is 0 Å². The molecule has 0 bridgehead atoms. The van der Waals surface area contributed by atoms with E-state index < -0.39 is 21.3 Å². The first kappa shape index (κ1) is 28.0. The minimum atomic E-state index is -2.44. The molecule has 5 aliphatic carbocycles. The Morgan fingerprint density at radius 1 is 0.476 bits per heavy atom. The molecule has 5 aliphatic rings. The normalized spacial score (nSPS) is 16.7. The van der Waals surface area contributed by atoms with Gasteiger partial charge in [0.05, 0.1) is 0 Å². The Balaban J connectivity index is 0.00000144. The van der Waals surface area contributed by atoms with E-state index in [9.17, 15) is 0 Å². The van der Waals surface area contributed by atoms with E-state index >= 15 is 0 Å². The number of hydrogen-bond donors (Lipinski definition) is 0. The number of fused-ring (bicyclic) bond motifs is 12. The summed E-state index contributed by atoms with van der Waals surface area (Å²) in [5.74, 6) is 0. The molecule has 0 radical (unpaired) electrons. The number of benzene rings is 4. The maximum Gasteiger partial charge on any atom is -1.00 e. The van der Waals surface area contributed by atoms with Gasteiger partial charge in [0.25, 0.3) is 0 Å². The van der Waals surface area contributed by atoms with Crippen molar-refractivity contribution in [2.24, 2.45) is 0 Å². The summed E-state index contributed by atoms with van der Waals surface area (Å²) in [5, 5.41) is 11.5. The maximum atomic E-state index is 2.58. The second kappa shape index (κ2) is 11.0. The van der Waals surface area contributed by atoms with Crippen molar-refractivity contribution in [2.75, 3.05) is 0 Å². The third-order valence-electron chi connectivity index (χ3n) is 9.72. The minimum Gasteiger partial charge on any atom is -1.00 e. The van der Waals surface area contributed by atoms with Gasteiger partial charge in [-0.15, -0.1) is 0 Å². The Labute approximate surface area is 266 Å². The van der Waals surface area contributed by atoms with Gasteiger partial charge in [-0.3, -0.25) is 0 Å². The van der Waals surface area contributed by atoms with Gasteiger partial charge < -0.3 is 24.8 Å². The third kappa shape index (κ3) is 4.01. The molecule has 0 amide bonds. The zero-order valence-electron chi connectivity index (χ0n) is 23.4. The van der Waals surface area contributed by atoms with Crippen LogP contribution in [0, 0.1) is 0 Å². The van der Waals surface area contributed by atoms with Gasteiger partial charge in [-0.2, -0.15) is 0 Å². The SMILES string of the molecule is C1=CCc2c3c(c4ccccc4c2=C1)=CC=[C]3[Zr+2]([C]1=CC=c2c1c1c(c3ccccc23)=CC=CC1)=[C]1CCCC1.[Cl-].[Cl-]. The molecule has 9 rings (SSSR count). The standard InChI is InChI=1S/2C17H11.C5H8.2ClH.Zr/c2*1-3-8-14-12(6-1)13-7-2-4-9-15(13)17-11-5-10-16(14)17;1-2-4-5-3-1;;;/h2*1-8,10H,9H2;1-4H2;2*1H;/q;;;;;+2/p-2. The number of hydrogen-bond acceptors (Lipinski definition) is 0. The first-order chi connectivity index (χ1) is 19.9. The summed E-state index contributed by atoms with van der Waals surface area (Å²) in [5.41, 5.74) is 6.32. The van der Waals surface area contributed by atoms with Crippen LogP contribution in [0.15, 0.2) is 85.0 Å². The van der Waals surface area contributed by atoms with Crippen molar-refractivity contribution in [1.29, 1.82) is 0 Å². The van der Waals surface area contributed by atoms with Gasteiger partial charge in [-0.25, -0.2) is 0 Å². The number of halogens is 2. The first-order valence-electron chi connectivity index (χ1n) is 14.9. The van der Waals surface area contributed by atoms with Gasteiger partial charge in [-0.1, -0.05) is 0 Å². The van der Waals surface area contributed by atoms with Crippen LogP contribution < -0.4 is 45.7 Å². The number of rotatable bonds is 2. The van der Waals surface area contributed by atoms with Crippen molar-refractivity contribution in [3.8, 4) is 0 Å². The monoisotopic (exact) mass is 658 g/mol. The second-order valence-electron chi connectivity index (χ2n) is 11.7. The van der Waals surface area contributed by atoms with Crippen molar-refractivity contribution in [2.45, 2.75) is 38.5 Å². The van der Waals surface area contributed by atoms with Crippen LogP contribution in [0.3, 0.4) is 0 Å². The Hall–Kier alpha value is -2.83. The van der Waals surface area contributed by atoms with E-state index in [0.29, 0.717) is 0 Å². The van der Waals surface area contributed by atoms with Gasteiger partial charge >= 0.3 is 244 Å². The summed E-state index contributed by atoms with van der Waals surface area (Å²) < 4.78 is 5.38. The van der Waals surface area contributed by atoms with Crippen molar-refractivity contribution in [3.05, 3.63) is 128 Å². The van der Waals surface area contributed by atoms with E-state index in [1.165, 1.54) is 68.1 Å². The van der Waals surface area contributed by atoms with E-state index in [4.69, 9.17) is 0 Å². The van der Waals surface area contributed by atoms with E-state index in [1.807, 2.05) is 3.21 Å². The van der Waals surface area contributed by atoms with E-state index in [1.54, 1.807) is 28.8 Å². The Morgan fingerprint density at radius 2 is 0.905 bits per heavy atom. The van der Waals surface area contributed by atoms with Gasteiger partial charge in [0.1, 0.15) is 0 Å². The van der Waals surface area contributed by atoms with Crippen molar-refractivity contribution >= 4 is 55.6 Å². The van der Waals surface area contributed by atoms with Gasteiger partial charge in [0.2, 0.25) is 0 Å². The number of allylic oxidation sites excluding steroid dienone is 6. The predicted octanol–water partition coefficient (Wildman–Crippen LogP) is 0.121. The van der Waals surface area contributed by atoms with Crippen LogP contribution in [0.2, 0.25) is 0 Å². The van der Waals surface area contributed by atoms with Crippen molar-refractivity contribution in [3.63, 3.8) is 0 Å². The molecule has 0 saturated heterocycles. The third-order valence-corrected chi connectivity index (χ3v) is 17.4. The van der Waals surface area contributed by atoms with Crippen molar-refractivity contribution in [1.82, 2.24) is 0 Å². The summed E-state index contributed by atoms with van der Waals surface area (Å²) in [6.45, 7) is 0. The molecule has 42 heavy (non-hydrogen) atoms. The molecule has 0 N–H and O–H groups in total. The molecule has 0 heterocycles. The van der Waals surface area contributed by atoms with Crippen molar-refractivity contribution < 1.29 is 46.1 Å². The second-order valence-corrected chi connectivity index (χ2v) is 18.0. The molecule has 0 aliphatic heterocycles. The predicted molar refractivity (Wildman–Crippen MR) is 169 cm³/mol. The molecule has 0 nitrogen and oxygen atoms in total. The minimum absolute atomic E-state index is 0. The fraction of sp³-hybridized carbons (Fsp3) is 0.154. The van der Waals surface area contributed by atoms with Crippen LogP contribution in [0.5, 0.6) is 0 Å². The fourth-order valence-electron chi connectivity index (χ4n) is 8.06. The Bertz CT molecular complexity index is 2100. The smallest absolute Gasteiger partial charge is 1.00 e. The zero-order chi connectivity index (χ0) is 26.2. The molecule has 0 aromatic heterocycles. The van der Waals surface area contributed by atoms with E-state index in [0.717, 1.165) is 12.8 Å². The van der Waals surface area contributed by atoms with Gasteiger partial charge in [0, 0.05) is 0 Å². The molecule has 0 atom stereocenters.